The van der Waals surface area contributed by atoms with Gasteiger partial charge in [-0.15, -0.1) is 23.5 Å². The maximum atomic E-state index is 10.7. The molecule has 0 aromatic carbocycles. The van der Waals surface area contributed by atoms with Crippen molar-refractivity contribution in [2.75, 3.05) is 12.8 Å². The maximum Gasteiger partial charge on any atom is 0.433 e. The Morgan fingerprint density at radius 3 is 3.00 bits per heavy atom. The number of rotatable bonds is 2. The molecule has 0 unspecified atom stereocenters. The van der Waals surface area contributed by atoms with E-state index in [0.717, 1.165) is 5.75 Å². The third-order valence-corrected chi connectivity index (χ3v) is 5.01. The first-order valence-corrected chi connectivity index (χ1v) is 6.17. The highest BCUT2D eigenvalue weighted by Crippen LogP contribution is 2.46. The van der Waals surface area contributed by atoms with E-state index in [1.54, 1.807) is 6.21 Å². The van der Waals surface area contributed by atoms with E-state index >= 15 is 0 Å². The average molecular weight is 234 g/mol. The highest BCUT2D eigenvalue weighted by Gasteiger charge is 2.33. The molecule has 6 heteroatoms. The van der Waals surface area contributed by atoms with Crippen molar-refractivity contribution < 1.29 is 9.63 Å². The second-order valence-electron chi connectivity index (χ2n) is 3.12. The molecule has 1 aliphatic heterocycles. The summed E-state index contributed by atoms with van der Waals surface area (Å²) in [7, 11) is 1.50. The van der Waals surface area contributed by atoms with E-state index < -0.39 is 6.09 Å². The van der Waals surface area contributed by atoms with Crippen LogP contribution in [0.25, 0.3) is 0 Å². The molecule has 0 radical (unpaired) electrons. The summed E-state index contributed by atoms with van der Waals surface area (Å²) >= 11 is 3.64. The van der Waals surface area contributed by atoms with E-state index in [4.69, 9.17) is 0 Å². The van der Waals surface area contributed by atoms with Crippen molar-refractivity contribution in [3.8, 4) is 0 Å². The summed E-state index contributed by atoms with van der Waals surface area (Å²) in [6.07, 6.45) is 1.15. The predicted octanol–water partition coefficient (Wildman–Crippen LogP) is 1.91. The van der Waals surface area contributed by atoms with Crippen LogP contribution in [0.4, 0.5) is 4.79 Å². The number of carbonyl (C=O) groups is 1. The van der Waals surface area contributed by atoms with E-state index in [1.165, 1.54) is 7.05 Å². The van der Waals surface area contributed by atoms with Gasteiger partial charge in [0, 0.05) is 18.1 Å². The van der Waals surface area contributed by atoms with Gasteiger partial charge in [-0.3, -0.25) is 4.84 Å². The molecule has 0 saturated carbocycles. The first-order valence-electron chi connectivity index (χ1n) is 4.31. The van der Waals surface area contributed by atoms with Crippen LogP contribution >= 0.6 is 23.5 Å². The monoisotopic (exact) mass is 234 g/mol. The van der Waals surface area contributed by atoms with Gasteiger partial charge in [0.15, 0.2) is 0 Å². The van der Waals surface area contributed by atoms with Crippen LogP contribution in [0, 0.1) is 0 Å². The van der Waals surface area contributed by atoms with Crippen LogP contribution in [0.15, 0.2) is 5.16 Å². The molecular formula is C8H14N2O2S2. The molecule has 1 N–H and O–H groups in total. The Morgan fingerprint density at radius 2 is 2.50 bits per heavy atom. The van der Waals surface area contributed by atoms with Crippen molar-refractivity contribution in [2.45, 2.75) is 23.2 Å². The smallest absolute Gasteiger partial charge is 0.323 e. The fraction of sp³-hybridized carbons (Fsp3) is 0.750. The minimum absolute atomic E-state index is 0.0621. The van der Waals surface area contributed by atoms with Gasteiger partial charge in [0.2, 0.25) is 0 Å². The lowest BCUT2D eigenvalue weighted by Crippen LogP contribution is -2.19. The summed E-state index contributed by atoms with van der Waals surface area (Å²) in [6, 6.07) is 0. The lowest BCUT2D eigenvalue weighted by Gasteiger charge is -2.14. The van der Waals surface area contributed by atoms with Gasteiger partial charge in [-0.2, -0.15) is 0 Å². The van der Waals surface area contributed by atoms with Gasteiger partial charge in [-0.05, 0) is 6.92 Å². The minimum Gasteiger partial charge on any atom is -0.323 e. The van der Waals surface area contributed by atoms with E-state index in [2.05, 4.69) is 29.2 Å². The lowest BCUT2D eigenvalue weighted by molar-refractivity contribution is 0.153. The number of hydrogen-bond acceptors (Lipinski definition) is 5. The standard InChI is InChI=1S/C8H14N2O2S2/c1-6-4-13-8(2,14-6)5-10-12-7(11)9-3/h5-6H,4H2,1-3H3,(H,9,11)/b10-5-/t6-,8-/m1/s1. The van der Waals surface area contributed by atoms with Crippen molar-refractivity contribution in [2.24, 2.45) is 5.16 Å². The molecule has 4 nitrogen and oxygen atoms in total. The lowest BCUT2D eigenvalue weighted by atomic mass is 10.5. The zero-order valence-corrected chi connectivity index (χ0v) is 10.1. The van der Waals surface area contributed by atoms with Crippen molar-refractivity contribution in [1.29, 1.82) is 0 Å². The van der Waals surface area contributed by atoms with Crippen LogP contribution in [0.1, 0.15) is 13.8 Å². The Bertz CT molecular complexity index is 247. The van der Waals surface area contributed by atoms with Crippen molar-refractivity contribution >= 4 is 35.8 Å². The Morgan fingerprint density at radius 1 is 1.79 bits per heavy atom. The van der Waals surface area contributed by atoms with E-state index in [1.807, 2.05) is 23.5 Å². The summed E-state index contributed by atoms with van der Waals surface area (Å²) in [6.45, 7) is 4.25. The molecule has 0 aromatic rings. The van der Waals surface area contributed by atoms with Gasteiger partial charge in [0.05, 0.1) is 10.3 Å². The Balaban J connectivity index is 2.39. The topological polar surface area (TPSA) is 50.7 Å². The van der Waals surface area contributed by atoms with Gasteiger partial charge < -0.3 is 5.32 Å². The zero-order chi connectivity index (χ0) is 10.6. The molecule has 1 fully saturated rings. The van der Waals surface area contributed by atoms with Crippen LogP contribution in [-0.4, -0.2) is 34.4 Å². The number of hydrogen-bond donors (Lipinski definition) is 1. The molecule has 1 amide bonds. The molecule has 0 aromatic heterocycles. The number of nitrogens with zero attached hydrogens (tertiary/aromatic N) is 1. The van der Waals surface area contributed by atoms with Crippen LogP contribution < -0.4 is 5.32 Å². The molecule has 1 saturated heterocycles. The molecule has 1 heterocycles. The normalized spacial score (nSPS) is 32.1. The van der Waals surface area contributed by atoms with Gasteiger partial charge in [0.25, 0.3) is 0 Å². The Kier molecular flexibility index (Phi) is 4.12. The molecule has 1 aliphatic rings. The molecule has 14 heavy (non-hydrogen) atoms. The summed E-state index contributed by atoms with van der Waals surface area (Å²) < 4.78 is -0.0621. The maximum absolute atomic E-state index is 10.7. The van der Waals surface area contributed by atoms with Crippen molar-refractivity contribution in [3.05, 3.63) is 0 Å². The molecule has 0 spiro atoms. The molecular weight excluding hydrogens is 220 g/mol. The Labute approximate surface area is 92.2 Å². The zero-order valence-electron chi connectivity index (χ0n) is 8.44. The van der Waals surface area contributed by atoms with Crippen LogP contribution in [0.3, 0.4) is 0 Å². The van der Waals surface area contributed by atoms with Crippen molar-refractivity contribution in [1.82, 2.24) is 5.32 Å². The summed E-state index contributed by atoms with van der Waals surface area (Å²) in [4.78, 5) is 15.2. The van der Waals surface area contributed by atoms with Gasteiger partial charge in [0.1, 0.15) is 0 Å². The van der Waals surface area contributed by atoms with Crippen LogP contribution in [0.5, 0.6) is 0 Å². The van der Waals surface area contributed by atoms with E-state index in [-0.39, 0.29) is 4.08 Å². The minimum atomic E-state index is -0.536. The Hall–Kier alpha value is -0.360. The van der Waals surface area contributed by atoms with E-state index in [9.17, 15) is 4.79 Å². The second kappa shape index (κ2) is 4.93. The molecule has 1 rings (SSSR count). The summed E-state index contributed by atoms with van der Waals surface area (Å²) in [5, 5.41) is 6.60. The first-order chi connectivity index (χ1) is 6.56. The quantitative estimate of drug-likeness (QED) is 0.450. The van der Waals surface area contributed by atoms with Crippen molar-refractivity contribution in [3.63, 3.8) is 0 Å². The fourth-order valence-corrected chi connectivity index (χ4v) is 4.07. The number of oxime groups is 1. The second-order valence-corrected chi connectivity index (χ2v) is 6.74. The molecule has 0 aliphatic carbocycles. The third-order valence-electron chi connectivity index (χ3n) is 1.67. The largest absolute Gasteiger partial charge is 0.433 e. The highest BCUT2D eigenvalue weighted by molar-refractivity contribution is 8.22. The summed E-state index contributed by atoms with van der Waals surface area (Å²) in [5.74, 6) is 1.10. The van der Waals surface area contributed by atoms with E-state index in [0.29, 0.717) is 5.25 Å². The van der Waals surface area contributed by atoms with Gasteiger partial charge in [-0.25, -0.2) is 4.79 Å². The first kappa shape index (κ1) is 11.7. The molecule has 80 valence electrons. The van der Waals surface area contributed by atoms with Gasteiger partial charge in [-0.1, -0.05) is 12.1 Å². The highest BCUT2D eigenvalue weighted by atomic mass is 32.2. The van der Waals surface area contributed by atoms with Crippen LogP contribution in [0.2, 0.25) is 0 Å². The van der Waals surface area contributed by atoms with Gasteiger partial charge >= 0.3 is 6.09 Å². The average Bonchev–Trinajstić information content (AvgIpc) is 2.46. The predicted molar refractivity (Wildman–Crippen MR) is 61.9 cm³/mol. The molecule has 0 bridgehead atoms. The number of nitrogens with one attached hydrogen (secondary N) is 1. The molecule has 2 atom stereocenters. The fourth-order valence-electron chi connectivity index (χ4n) is 1.03. The number of amides is 1. The third kappa shape index (κ3) is 3.42. The number of carbonyl (C=O) groups excluding carboxylic acids is 1. The number of thioether (sulfide) groups is 2. The SMILES string of the molecule is CNC(=O)O/N=C\[C@]1(C)SC[C@@H](C)S1. The van der Waals surface area contributed by atoms with Crippen LogP contribution in [-0.2, 0) is 4.84 Å². The summed E-state index contributed by atoms with van der Waals surface area (Å²) in [5.41, 5.74) is 0.